The minimum absolute atomic E-state index is 0.199. The Kier molecular flexibility index (Phi) is 11.0. The summed E-state index contributed by atoms with van der Waals surface area (Å²) in [6, 6.07) is 19.1. The lowest BCUT2D eigenvalue weighted by molar-refractivity contribution is -0.888. The standard InChI is InChI=1S/C29H44NO/c1-5-6-7-8-9-11-17-27-19-21-28(22-20-27)29(31)25(2)24-30(3,4)23-14-18-26-15-12-10-13-16-26/h10,12-16,18-22,25,29,31H,5-9,11,17,23-24H2,1-4H3/q+1/b18-14-/t25-,29+/m0/s1. The molecular formula is C29H44NO+. The van der Waals surface area contributed by atoms with Crippen molar-refractivity contribution in [2.75, 3.05) is 27.2 Å². The molecule has 0 aliphatic heterocycles. The maximum atomic E-state index is 10.9. The van der Waals surface area contributed by atoms with Gasteiger partial charge in [-0.1, -0.05) is 107 Å². The Hall–Kier alpha value is -1.90. The molecule has 2 atom stereocenters. The van der Waals surface area contributed by atoms with Crippen LogP contribution in [0.3, 0.4) is 0 Å². The van der Waals surface area contributed by atoms with Gasteiger partial charge in [0.2, 0.25) is 0 Å². The van der Waals surface area contributed by atoms with Crippen LogP contribution in [0.5, 0.6) is 0 Å². The monoisotopic (exact) mass is 422 g/mol. The highest BCUT2D eigenvalue weighted by atomic mass is 16.3. The number of aliphatic hydroxyl groups excluding tert-OH is 1. The summed E-state index contributed by atoms with van der Waals surface area (Å²) in [6.07, 6.45) is 13.2. The number of unbranched alkanes of at least 4 members (excludes halogenated alkanes) is 5. The average molecular weight is 423 g/mol. The number of rotatable bonds is 14. The zero-order chi connectivity index (χ0) is 22.5. The topological polar surface area (TPSA) is 20.2 Å². The summed E-state index contributed by atoms with van der Waals surface area (Å²) in [4.78, 5) is 0. The second-order valence-corrected chi connectivity index (χ2v) is 9.80. The second kappa shape index (κ2) is 13.5. The molecule has 0 aromatic heterocycles. The molecular weight excluding hydrogens is 378 g/mol. The number of hydrogen-bond donors (Lipinski definition) is 1. The summed E-state index contributed by atoms with van der Waals surface area (Å²) >= 11 is 0. The summed E-state index contributed by atoms with van der Waals surface area (Å²) < 4.78 is 0.859. The van der Waals surface area contributed by atoms with Crippen LogP contribution >= 0.6 is 0 Å². The van der Waals surface area contributed by atoms with E-state index in [1.165, 1.54) is 49.7 Å². The highest BCUT2D eigenvalue weighted by Gasteiger charge is 2.24. The normalized spacial score (nSPS) is 14.1. The second-order valence-electron chi connectivity index (χ2n) is 9.80. The molecule has 0 fully saturated rings. The first-order valence-corrected chi connectivity index (χ1v) is 12.2. The molecule has 0 saturated heterocycles. The van der Waals surface area contributed by atoms with Crippen molar-refractivity contribution in [3.63, 3.8) is 0 Å². The molecule has 0 heterocycles. The van der Waals surface area contributed by atoms with Gasteiger partial charge in [0.25, 0.3) is 0 Å². The average Bonchev–Trinajstić information content (AvgIpc) is 2.76. The molecule has 170 valence electrons. The van der Waals surface area contributed by atoms with Crippen molar-refractivity contribution in [3.8, 4) is 0 Å². The van der Waals surface area contributed by atoms with E-state index in [-0.39, 0.29) is 5.92 Å². The van der Waals surface area contributed by atoms with Crippen molar-refractivity contribution in [1.82, 2.24) is 0 Å². The minimum Gasteiger partial charge on any atom is -0.388 e. The lowest BCUT2D eigenvalue weighted by Crippen LogP contribution is -2.44. The maximum absolute atomic E-state index is 10.9. The molecule has 0 unspecified atom stereocenters. The molecule has 0 spiro atoms. The number of hydrogen-bond acceptors (Lipinski definition) is 1. The first kappa shape index (κ1) is 25.4. The van der Waals surface area contributed by atoms with E-state index in [0.29, 0.717) is 0 Å². The minimum atomic E-state index is -0.418. The van der Waals surface area contributed by atoms with E-state index in [2.05, 4.69) is 88.6 Å². The van der Waals surface area contributed by atoms with Crippen LogP contribution < -0.4 is 0 Å². The summed E-state index contributed by atoms with van der Waals surface area (Å²) in [7, 11) is 4.48. The van der Waals surface area contributed by atoms with Crippen molar-refractivity contribution in [1.29, 1.82) is 0 Å². The molecule has 2 nitrogen and oxygen atoms in total. The molecule has 2 heteroatoms. The first-order chi connectivity index (χ1) is 14.9. The fraction of sp³-hybridized carbons (Fsp3) is 0.517. The van der Waals surface area contributed by atoms with Crippen LogP contribution in [0.15, 0.2) is 60.7 Å². The van der Waals surface area contributed by atoms with Crippen LogP contribution in [0.1, 0.15) is 75.2 Å². The van der Waals surface area contributed by atoms with Gasteiger partial charge in [-0.05, 0) is 35.6 Å². The van der Waals surface area contributed by atoms with E-state index in [1.54, 1.807) is 0 Å². The molecule has 2 aromatic carbocycles. The van der Waals surface area contributed by atoms with Gasteiger partial charge in [-0.25, -0.2) is 0 Å². The smallest absolute Gasteiger partial charge is 0.0972 e. The van der Waals surface area contributed by atoms with Gasteiger partial charge in [-0.3, -0.25) is 0 Å². The number of nitrogens with zero attached hydrogens (tertiary/aromatic N) is 1. The molecule has 1 N–H and O–H groups in total. The van der Waals surface area contributed by atoms with Crippen molar-refractivity contribution in [3.05, 3.63) is 77.4 Å². The number of aliphatic hydroxyl groups is 1. The number of benzene rings is 2. The Labute approximate surface area is 191 Å². The van der Waals surface area contributed by atoms with Crippen molar-refractivity contribution in [2.45, 2.75) is 64.9 Å². The SMILES string of the molecule is CCCCCCCCc1ccc([C@H](O)[C@@H](C)C[N+](C)(C)C/C=C\c2ccccc2)cc1. The van der Waals surface area contributed by atoms with Crippen LogP contribution in [0.25, 0.3) is 6.08 Å². The van der Waals surface area contributed by atoms with Gasteiger partial charge in [-0.2, -0.15) is 0 Å². The molecule has 0 aliphatic carbocycles. The van der Waals surface area contributed by atoms with Crippen LogP contribution in [-0.2, 0) is 6.42 Å². The molecule has 0 bridgehead atoms. The number of aryl methyl sites for hydroxylation is 1. The Morgan fingerprint density at radius 1 is 0.871 bits per heavy atom. The van der Waals surface area contributed by atoms with Gasteiger partial charge in [0.1, 0.15) is 0 Å². The van der Waals surface area contributed by atoms with Crippen LogP contribution in [-0.4, -0.2) is 36.8 Å². The molecule has 0 amide bonds. The van der Waals surface area contributed by atoms with E-state index in [9.17, 15) is 5.11 Å². The fourth-order valence-electron chi connectivity index (χ4n) is 4.31. The number of likely N-dealkylation sites (N-methyl/N-ethyl adjacent to an activating group) is 1. The maximum Gasteiger partial charge on any atom is 0.0972 e. The van der Waals surface area contributed by atoms with E-state index in [0.717, 1.165) is 29.6 Å². The summed E-state index contributed by atoms with van der Waals surface area (Å²) in [5.41, 5.74) is 3.66. The van der Waals surface area contributed by atoms with Crippen molar-refractivity contribution < 1.29 is 9.59 Å². The summed E-state index contributed by atoms with van der Waals surface area (Å²) in [5, 5.41) is 10.9. The van der Waals surface area contributed by atoms with E-state index >= 15 is 0 Å². The lowest BCUT2D eigenvalue weighted by Gasteiger charge is -2.33. The van der Waals surface area contributed by atoms with E-state index in [1.807, 2.05) is 6.07 Å². The van der Waals surface area contributed by atoms with Crippen LogP contribution in [0, 0.1) is 5.92 Å². The van der Waals surface area contributed by atoms with Gasteiger partial charge in [0.15, 0.2) is 0 Å². The van der Waals surface area contributed by atoms with Crippen molar-refractivity contribution >= 4 is 6.08 Å². The van der Waals surface area contributed by atoms with Gasteiger partial charge in [-0.15, -0.1) is 0 Å². The highest BCUT2D eigenvalue weighted by Crippen LogP contribution is 2.25. The van der Waals surface area contributed by atoms with Crippen molar-refractivity contribution in [2.24, 2.45) is 5.92 Å². The molecule has 0 radical (unpaired) electrons. The highest BCUT2D eigenvalue weighted by molar-refractivity contribution is 5.48. The largest absolute Gasteiger partial charge is 0.388 e. The Balaban J connectivity index is 1.79. The van der Waals surface area contributed by atoms with E-state index < -0.39 is 6.10 Å². The predicted molar refractivity (Wildman–Crippen MR) is 135 cm³/mol. The van der Waals surface area contributed by atoms with Crippen LogP contribution in [0.4, 0.5) is 0 Å². The van der Waals surface area contributed by atoms with Crippen LogP contribution in [0.2, 0.25) is 0 Å². The zero-order valence-electron chi connectivity index (χ0n) is 20.3. The summed E-state index contributed by atoms with van der Waals surface area (Å²) in [5.74, 6) is 0.199. The van der Waals surface area contributed by atoms with Gasteiger partial charge >= 0.3 is 0 Å². The fourth-order valence-corrected chi connectivity index (χ4v) is 4.31. The Morgan fingerprint density at radius 2 is 1.52 bits per heavy atom. The third kappa shape index (κ3) is 9.84. The summed E-state index contributed by atoms with van der Waals surface area (Å²) in [6.45, 7) is 6.30. The molecule has 2 rings (SSSR count). The zero-order valence-corrected chi connectivity index (χ0v) is 20.3. The Morgan fingerprint density at radius 3 is 2.19 bits per heavy atom. The van der Waals surface area contributed by atoms with Gasteiger partial charge in [0.05, 0.1) is 33.3 Å². The molecule has 2 aromatic rings. The third-order valence-corrected chi connectivity index (χ3v) is 6.17. The predicted octanol–water partition coefficient (Wildman–Crippen LogP) is 7.05. The first-order valence-electron chi connectivity index (χ1n) is 12.2. The van der Waals surface area contributed by atoms with E-state index in [4.69, 9.17) is 0 Å². The number of quaternary nitrogens is 1. The lowest BCUT2D eigenvalue weighted by atomic mass is 9.94. The molecule has 0 saturated carbocycles. The van der Waals surface area contributed by atoms with Gasteiger partial charge in [0, 0.05) is 5.92 Å². The van der Waals surface area contributed by atoms with Gasteiger partial charge < -0.3 is 9.59 Å². The third-order valence-electron chi connectivity index (χ3n) is 6.17. The molecule has 31 heavy (non-hydrogen) atoms. The Bertz CT molecular complexity index is 748. The quantitative estimate of drug-likeness (QED) is 0.255. The molecule has 0 aliphatic rings.